The summed E-state index contributed by atoms with van der Waals surface area (Å²) >= 11 is 3.41. The van der Waals surface area contributed by atoms with Crippen LogP contribution >= 0.6 is 15.9 Å². The van der Waals surface area contributed by atoms with Crippen molar-refractivity contribution >= 4 is 32.7 Å². The minimum Gasteiger partial charge on any atom is -0.453 e. The van der Waals surface area contributed by atoms with Crippen molar-refractivity contribution in [1.82, 2.24) is 4.90 Å². The summed E-state index contributed by atoms with van der Waals surface area (Å²) < 4.78 is 6.58. The molecule has 19 heavy (non-hydrogen) atoms. The predicted molar refractivity (Wildman–Crippen MR) is 80.6 cm³/mol. The summed E-state index contributed by atoms with van der Waals surface area (Å²) in [6.07, 6.45) is 0.503. The smallest absolute Gasteiger partial charge is 0.199 e. The highest BCUT2D eigenvalue weighted by Crippen LogP contribution is 2.24. The van der Waals surface area contributed by atoms with E-state index in [9.17, 15) is 4.79 Å². The lowest BCUT2D eigenvalue weighted by molar-refractivity contribution is 0.0941. The van der Waals surface area contributed by atoms with Crippen molar-refractivity contribution in [3.63, 3.8) is 0 Å². The highest BCUT2D eigenvalue weighted by Gasteiger charge is 2.13. The second-order valence-corrected chi connectivity index (χ2v) is 5.41. The van der Waals surface area contributed by atoms with Crippen LogP contribution in [0.3, 0.4) is 0 Å². The van der Waals surface area contributed by atoms with E-state index in [1.54, 1.807) is 0 Å². The van der Waals surface area contributed by atoms with Gasteiger partial charge in [-0.2, -0.15) is 0 Å². The number of ketones is 1. The molecule has 3 nitrogen and oxygen atoms in total. The molecule has 0 fully saturated rings. The Bertz CT molecular complexity index is 573. The number of nitrogens with zero attached hydrogens (tertiary/aromatic N) is 1. The zero-order chi connectivity index (χ0) is 13.8. The third-order valence-electron chi connectivity index (χ3n) is 3.30. The second kappa shape index (κ2) is 6.35. The first-order valence-electron chi connectivity index (χ1n) is 6.58. The van der Waals surface area contributed by atoms with Gasteiger partial charge in [-0.25, -0.2) is 0 Å². The lowest BCUT2D eigenvalue weighted by Crippen LogP contribution is -2.25. The molecule has 0 aliphatic carbocycles. The minimum absolute atomic E-state index is 0.0687. The zero-order valence-corrected chi connectivity index (χ0v) is 12.9. The zero-order valence-electron chi connectivity index (χ0n) is 11.3. The number of hydrogen-bond acceptors (Lipinski definition) is 3. The van der Waals surface area contributed by atoms with E-state index < -0.39 is 0 Å². The van der Waals surface area contributed by atoms with Crippen LogP contribution in [0.25, 0.3) is 11.0 Å². The first-order valence-corrected chi connectivity index (χ1v) is 7.38. The van der Waals surface area contributed by atoms with Crippen molar-refractivity contribution in [3.05, 3.63) is 34.5 Å². The predicted octanol–water partition coefficient (Wildman–Crippen LogP) is 4.11. The standard InChI is InChI=1S/C15H18BrNO2/c1-3-17(4-2)8-7-13(18)15-10-11-9-12(16)5-6-14(11)19-15/h5-6,9-10H,3-4,7-8H2,1-2H3. The van der Waals surface area contributed by atoms with Crippen molar-refractivity contribution in [3.8, 4) is 0 Å². The SMILES string of the molecule is CCN(CC)CCC(=O)c1cc2cc(Br)ccc2o1. The van der Waals surface area contributed by atoms with Crippen molar-refractivity contribution < 1.29 is 9.21 Å². The summed E-state index contributed by atoms with van der Waals surface area (Å²) in [5, 5.41) is 0.959. The van der Waals surface area contributed by atoms with E-state index in [4.69, 9.17) is 4.42 Å². The molecular weight excluding hydrogens is 306 g/mol. The quantitative estimate of drug-likeness (QED) is 0.750. The summed E-state index contributed by atoms with van der Waals surface area (Å²) in [5.74, 6) is 0.527. The monoisotopic (exact) mass is 323 g/mol. The largest absolute Gasteiger partial charge is 0.453 e. The van der Waals surface area contributed by atoms with Gasteiger partial charge in [0.15, 0.2) is 11.5 Å². The molecular formula is C15H18BrNO2. The third kappa shape index (κ3) is 3.45. The fourth-order valence-electron chi connectivity index (χ4n) is 2.07. The van der Waals surface area contributed by atoms with Crippen LogP contribution in [-0.2, 0) is 0 Å². The van der Waals surface area contributed by atoms with Gasteiger partial charge in [0.1, 0.15) is 5.58 Å². The molecule has 0 amide bonds. The van der Waals surface area contributed by atoms with Gasteiger partial charge in [0.25, 0.3) is 0 Å². The van der Waals surface area contributed by atoms with Crippen LogP contribution in [0.15, 0.2) is 33.2 Å². The molecule has 1 aromatic carbocycles. The maximum absolute atomic E-state index is 12.1. The number of fused-ring (bicyclic) bond motifs is 1. The molecule has 0 spiro atoms. The first kappa shape index (κ1) is 14.3. The first-order chi connectivity index (χ1) is 9.13. The van der Waals surface area contributed by atoms with E-state index in [0.717, 1.165) is 35.1 Å². The van der Waals surface area contributed by atoms with Crippen molar-refractivity contribution in [1.29, 1.82) is 0 Å². The van der Waals surface area contributed by atoms with E-state index >= 15 is 0 Å². The molecule has 2 aromatic rings. The summed E-state index contributed by atoms with van der Waals surface area (Å²) in [6.45, 7) is 6.93. The number of rotatable bonds is 6. The van der Waals surface area contributed by atoms with Crippen LogP contribution in [0.2, 0.25) is 0 Å². The number of Topliss-reactive ketones (excluding diaryl/α,β-unsaturated/α-hetero) is 1. The topological polar surface area (TPSA) is 33.5 Å². The molecule has 1 heterocycles. The number of carbonyl (C=O) groups excluding carboxylic acids is 1. The minimum atomic E-state index is 0.0687. The number of benzene rings is 1. The number of carbonyl (C=O) groups is 1. The summed E-state index contributed by atoms with van der Waals surface area (Å²) in [6, 6.07) is 7.57. The molecule has 0 aliphatic heterocycles. The fraction of sp³-hybridized carbons (Fsp3) is 0.400. The van der Waals surface area contributed by atoms with Gasteiger partial charge in [-0.1, -0.05) is 29.8 Å². The van der Waals surface area contributed by atoms with Gasteiger partial charge in [-0.15, -0.1) is 0 Å². The van der Waals surface area contributed by atoms with Crippen molar-refractivity contribution in [2.75, 3.05) is 19.6 Å². The Morgan fingerprint density at radius 2 is 2.00 bits per heavy atom. The van der Waals surface area contributed by atoms with E-state index in [-0.39, 0.29) is 5.78 Å². The molecule has 0 radical (unpaired) electrons. The van der Waals surface area contributed by atoms with Gasteiger partial charge in [-0.3, -0.25) is 4.79 Å². The lowest BCUT2D eigenvalue weighted by Gasteiger charge is -2.16. The van der Waals surface area contributed by atoms with Crippen LogP contribution in [0, 0.1) is 0 Å². The van der Waals surface area contributed by atoms with E-state index in [0.29, 0.717) is 12.2 Å². The average Bonchev–Trinajstić information content (AvgIpc) is 2.82. The van der Waals surface area contributed by atoms with E-state index in [1.165, 1.54) is 0 Å². The van der Waals surface area contributed by atoms with Gasteiger partial charge in [-0.05, 0) is 37.4 Å². The fourth-order valence-corrected chi connectivity index (χ4v) is 2.45. The Labute approximate surface area is 121 Å². The van der Waals surface area contributed by atoms with Crippen LogP contribution in [-0.4, -0.2) is 30.3 Å². The third-order valence-corrected chi connectivity index (χ3v) is 3.80. The Hall–Kier alpha value is -1.13. The molecule has 4 heteroatoms. The molecule has 0 atom stereocenters. The molecule has 0 saturated carbocycles. The molecule has 0 unspecified atom stereocenters. The molecule has 0 bridgehead atoms. The van der Waals surface area contributed by atoms with Gasteiger partial charge < -0.3 is 9.32 Å². The highest BCUT2D eigenvalue weighted by molar-refractivity contribution is 9.10. The van der Waals surface area contributed by atoms with Gasteiger partial charge in [0.2, 0.25) is 0 Å². The number of halogens is 1. The van der Waals surface area contributed by atoms with Crippen LogP contribution in [0.5, 0.6) is 0 Å². The summed E-state index contributed by atoms with van der Waals surface area (Å²) in [4.78, 5) is 14.3. The summed E-state index contributed by atoms with van der Waals surface area (Å²) in [7, 11) is 0. The normalized spacial score (nSPS) is 11.4. The van der Waals surface area contributed by atoms with Crippen LogP contribution < -0.4 is 0 Å². The molecule has 1 aromatic heterocycles. The molecule has 102 valence electrons. The second-order valence-electron chi connectivity index (χ2n) is 4.49. The van der Waals surface area contributed by atoms with Crippen LogP contribution in [0.4, 0.5) is 0 Å². The van der Waals surface area contributed by atoms with Gasteiger partial charge in [0, 0.05) is 22.8 Å². The Kier molecular flexibility index (Phi) is 4.77. The molecule has 0 N–H and O–H groups in total. The Morgan fingerprint density at radius 3 is 2.68 bits per heavy atom. The average molecular weight is 324 g/mol. The Balaban J connectivity index is 2.09. The van der Waals surface area contributed by atoms with E-state index in [2.05, 4.69) is 34.7 Å². The van der Waals surface area contributed by atoms with Crippen molar-refractivity contribution in [2.45, 2.75) is 20.3 Å². The molecule has 2 rings (SSSR count). The molecule has 0 aliphatic rings. The number of furan rings is 1. The Morgan fingerprint density at radius 1 is 1.26 bits per heavy atom. The lowest BCUT2D eigenvalue weighted by atomic mass is 10.2. The number of hydrogen-bond donors (Lipinski definition) is 0. The van der Waals surface area contributed by atoms with Crippen molar-refractivity contribution in [2.24, 2.45) is 0 Å². The highest BCUT2D eigenvalue weighted by atomic mass is 79.9. The summed E-state index contributed by atoms with van der Waals surface area (Å²) in [5.41, 5.74) is 0.759. The maximum Gasteiger partial charge on any atom is 0.199 e. The van der Waals surface area contributed by atoms with Gasteiger partial charge in [0.05, 0.1) is 0 Å². The van der Waals surface area contributed by atoms with E-state index in [1.807, 2.05) is 24.3 Å². The van der Waals surface area contributed by atoms with Gasteiger partial charge >= 0.3 is 0 Å². The maximum atomic E-state index is 12.1. The molecule has 0 saturated heterocycles. The van der Waals surface area contributed by atoms with Crippen LogP contribution in [0.1, 0.15) is 30.8 Å².